The van der Waals surface area contributed by atoms with Gasteiger partial charge in [0.15, 0.2) is 0 Å². The standard InChI is InChI=1S/C14H21N3/c15-14(13-7-3-1-4-8-13)16-9-12-17-10-5-2-6-11-17/h1,3-4,7-8H,2,5-6,9-12H2,(H2,15,16). The topological polar surface area (TPSA) is 41.6 Å². The molecule has 1 aliphatic heterocycles. The Balaban J connectivity index is 1.80. The normalized spacial score (nSPS) is 18.2. The highest BCUT2D eigenvalue weighted by Gasteiger charge is 2.08. The molecule has 3 heteroatoms. The van der Waals surface area contributed by atoms with Crippen molar-refractivity contribution < 1.29 is 0 Å². The van der Waals surface area contributed by atoms with Crippen LogP contribution in [0.3, 0.4) is 0 Å². The van der Waals surface area contributed by atoms with Gasteiger partial charge in [-0.15, -0.1) is 0 Å². The van der Waals surface area contributed by atoms with E-state index in [1.54, 1.807) is 0 Å². The number of aliphatic imine (C=N–C) groups is 1. The van der Waals surface area contributed by atoms with Crippen molar-refractivity contribution >= 4 is 5.84 Å². The van der Waals surface area contributed by atoms with E-state index in [0.29, 0.717) is 5.84 Å². The van der Waals surface area contributed by atoms with Crippen molar-refractivity contribution in [3.63, 3.8) is 0 Å². The Hall–Kier alpha value is -1.35. The summed E-state index contributed by atoms with van der Waals surface area (Å²) in [7, 11) is 0. The van der Waals surface area contributed by atoms with Crippen LogP contribution >= 0.6 is 0 Å². The summed E-state index contributed by atoms with van der Waals surface area (Å²) in [5, 5.41) is 0. The van der Waals surface area contributed by atoms with Gasteiger partial charge in [0.25, 0.3) is 0 Å². The summed E-state index contributed by atoms with van der Waals surface area (Å²) < 4.78 is 0. The SMILES string of the molecule is NC(=NCCN1CCCCC1)c1ccccc1. The molecule has 0 aromatic heterocycles. The number of nitrogens with zero attached hydrogens (tertiary/aromatic N) is 2. The number of nitrogens with two attached hydrogens (primary N) is 1. The van der Waals surface area contributed by atoms with Gasteiger partial charge in [-0.1, -0.05) is 36.8 Å². The largest absolute Gasteiger partial charge is 0.384 e. The Kier molecular flexibility index (Phi) is 4.56. The first-order chi connectivity index (χ1) is 8.36. The number of amidine groups is 1. The van der Waals surface area contributed by atoms with Crippen molar-refractivity contribution in [2.75, 3.05) is 26.2 Å². The highest BCUT2D eigenvalue weighted by Crippen LogP contribution is 2.07. The van der Waals surface area contributed by atoms with Crippen LogP contribution in [0, 0.1) is 0 Å². The van der Waals surface area contributed by atoms with E-state index in [0.717, 1.165) is 18.7 Å². The number of likely N-dealkylation sites (tertiary alicyclic amines) is 1. The lowest BCUT2D eigenvalue weighted by molar-refractivity contribution is 0.235. The smallest absolute Gasteiger partial charge is 0.125 e. The zero-order chi connectivity index (χ0) is 11.9. The minimum atomic E-state index is 0.655. The van der Waals surface area contributed by atoms with Gasteiger partial charge in [-0.05, 0) is 25.9 Å². The summed E-state index contributed by atoms with van der Waals surface area (Å²) in [6, 6.07) is 9.97. The molecule has 1 saturated heterocycles. The fourth-order valence-corrected chi connectivity index (χ4v) is 2.20. The van der Waals surface area contributed by atoms with E-state index in [2.05, 4.69) is 9.89 Å². The van der Waals surface area contributed by atoms with Crippen molar-refractivity contribution in [3.8, 4) is 0 Å². The predicted molar refractivity (Wildman–Crippen MR) is 72.3 cm³/mol. The van der Waals surface area contributed by atoms with Gasteiger partial charge in [0.05, 0.1) is 6.54 Å². The molecule has 1 aromatic carbocycles. The van der Waals surface area contributed by atoms with E-state index in [1.165, 1.54) is 32.4 Å². The van der Waals surface area contributed by atoms with E-state index >= 15 is 0 Å². The molecule has 1 aliphatic rings. The lowest BCUT2D eigenvalue weighted by atomic mass is 10.1. The van der Waals surface area contributed by atoms with Gasteiger partial charge in [-0.3, -0.25) is 4.99 Å². The molecule has 1 heterocycles. The quantitative estimate of drug-likeness (QED) is 0.635. The molecule has 1 aromatic rings. The van der Waals surface area contributed by atoms with Crippen LogP contribution in [0.4, 0.5) is 0 Å². The third-order valence-corrected chi connectivity index (χ3v) is 3.22. The molecule has 0 saturated carbocycles. The molecule has 0 spiro atoms. The Morgan fingerprint density at radius 1 is 1.12 bits per heavy atom. The Bertz CT molecular complexity index is 353. The average molecular weight is 231 g/mol. The van der Waals surface area contributed by atoms with Gasteiger partial charge < -0.3 is 10.6 Å². The molecule has 1 fully saturated rings. The van der Waals surface area contributed by atoms with Crippen LogP contribution in [-0.2, 0) is 0 Å². The van der Waals surface area contributed by atoms with Gasteiger partial charge in [-0.2, -0.15) is 0 Å². The summed E-state index contributed by atoms with van der Waals surface area (Å²) >= 11 is 0. The Labute approximate surface area is 103 Å². The van der Waals surface area contributed by atoms with Gasteiger partial charge >= 0.3 is 0 Å². The maximum atomic E-state index is 5.94. The summed E-state index contributed by atoms with van der Waals surface area (Å²) in [5.41, 5.74) is 6.96. The van der Waals surface area contributed by atoms with Crippen LogP contribution in [0.15, 0.2) is 35.3 Å². The first kappa shape index (κ1) is 12.1. The number of benzene rings is 1. The van der Waals surface area contributed by atoms with E-state index in [1.807, 2.05) is 30.3 Å². The van der Waals surface area contributed by atoms with Gasteiger partial charge in [0, 0.05) is 12.1 Å². The van der Waals surface area contributed by atoms with E-state index < -0.39 is 0 Å². The molecule has 2 rings (SSSR count). The van der Waals surface area contributed by atoms with Gasteiger partial charge in [0.2, 0.25) is 0 Å². The van der Waals surface area contributed by atoms with Gasteiger partial charge in [0.1, 0.15) is 5.84 Å². The Morgan fingerprint density at radius 3 is 2.53 bits per heavy atom. The highest BCUT2D eigenvalue weighted by molar-refractivity contribution is 5.97. The fourth-order valence-electron chi connectivity index (χ4n) is 2.20. The maximum Gasteiger partial charge on any atom is 0.125 e. The minimum absolute atomic E-state index is 0.655. The minimum Gasteiger partial charge on any atom is -0.384 e. The van der Waals surface area contributed by atoms with Crippen molar-refractivity contribution in [2.24, 2.45) is 10.7 Å². The first-order valence-corrected chi connectivity index (χ1v) is 6.44. The molecular weight excluding hydrogens is 210 g/mol. The predicted octanol–water partition coefficient (Wildman–Crippen LogP) is 1.88. The third-order valence-electron chi connectivity index (χ3n) is 3.22. The zero-order valence-corrected chi connectivity index (χ0v) is 10.3. The molecule has 17 heavy (non-hydrogen) atoms. The molecular formula is C14H21N3. The van der Waals surface area contributed by atoms with Crippen molar-refractivity contribution in [1.82, 2.24) is 4.90 Å². The molecule has 0 atom stereocenters. The van der Waals surface area contributed by atoms with Crippen molar-refractivity contribution in [1.29, 1.82) is 0 Å². The summed E-state index contributed by atoms with van der Waals surface area (Å²) in [4.78, 5) is 6.92. The van der Waals surface area contributed by atoms with Crippen LogP contribution < -0.4 is 5.73 Å². The molecule has 0 unspecified atom stereocenters. The number of rotatable bonds is 4. The summed E-state index contributed by atoms with van der Waals surface area (Å²) in [6.07, 6.45) is 4.04. The van der Waals surface area contributed by atoms with Crippen LogP contribution in [-0.4, -0.2) is 36.9 Å². The zero-order valence-electron chi connectivity index (χ0n) is 10.3. The monoisotopic (exact) mass is 231 g/mol. The van der Waals surface area contributed by atoms with E-state index in [-0.39, 0.29) is 0 Å². The van der Waals surface area contributed by atoms with Crippen molar-refractivity contribution in [3.05, 3.63) is 35.9 Å². The molecule has 92 valence electrons. The fraction of sp³-hybridized carbons (Fsp3) is 0.500. The van der Waals surface area contributed by atoms with Crippen LogP contribution in [0.1, 0.15) is 24.8 Å². The molecule has 0 bridgehead atoms. The average Bonchev–Trinajstić information content (AvgIpc) is 2.41. The second kappa shape index (κ2) is 6.40. The number of hydrogen-bond donors (Lipinski definition) is 1. The second-order valence-electron chi connectivity index (χ2n) is 4.54. The van der Waals surface area contributed by atoms with Crippen LogP contribution in [0.5, 0.6) is 0 Å². The highest BCUT2D eigenvalue weighted by atomic mass is 15.1. The second-order valence-corrected chi connectivity index (χ2v) is 4.54. The molecule has 0 aliphatic carbocycles. The van der Waals surface area contributed by atoms with Gasteiger partial charge in [-0.25, -0.2) is 0 Å². The third kappa shape index (κ3) is 3.86. The lowest BCUT2D eigenvalue weighted by Crippen LogP contribution is -2.32. The first-order valence-electron chi connectivity index (χ1n) is 6.44. The summed E-state index contributed by atoms with van der Waals surface area (Å²) in [6.45, 7) is 4.29. The van der Waals surface area contributed by atoms with E-state index in [4.69, 9.17) is 5.73 Å². The molecule has 2 N–H and O–H groups in total. The lowest BCUT2D eigenvalue weighted by Gasteiger charge is -2.25. The molecule has 0 radical (unpaired) electrons. The maximum absolute atomic E-state index is 5.94. The van der Waals surface area contributed by atoms with Crippen molar-refractivity contribution in [2.45, 2.75) is 19.3 Å². The Morgan fingerprint density at radius 2 is 1.82 bits per heavy atom. The molecule has 3 nitrogen and oxygen atoms in total. The number of hydrogen-bond acceptors (Lipinski definition) is 2. The number of piperidine rings is 1. The van der Waals surface area contributed by atoms with Crippen LogP contribution in [0.2, 0.25) is 0 Å². The summed E-state index contributed by atoms with van der Waals surface area (Å²) in [5.74, 6) is 0.655. The van der Waals surface area contributed by atoms with E-state index in [9.17, 15) is 0 Å². The van der Waals surface area contributed by atoms with Crippen LogP contribution in [0.25, 0.3) is 0 Å². The molecule has 0 amide bonds.